The molecule has 0 aliphatic carbocycles. The van der Waals surface area contributed by atoms with Gasteiger partial charge in [0.15, 0.2) is 6.61 Å². The molecule has 19 heavy (non-hydrogen) atoms. The van der Waals surface area contributed by atoms with Gasteiger partial charge >= 0.3 is 0 Å². The smallest absolute Gasteiger partial charge is 0.273 e. The average molecular weight is 266 g/mol. The number of nitro groups is 1. The van der Waals surface area contributed by atoms with Crippen molar-refractivity contribution in [1.29, 1.82) is 0 Å². The zero-order valence-electron chi connectivity index (χ0n) is 11.1. The van der Waals surface area contributed by atoms with Gasteiger partial charge in [0.2, 0.25) is 0 Å². The van der Waals surface area contributed by atoms with E-state index >= 15 is 0 Å². The summed E-state index contributed by atoms with van der Waals surface area (Å²) in [7, 11) is 0. The third kappa shape index (κ3) is 5.37. The average Bonchev–Trinajstić information content (AvgIpc) is 2.37. The van der Waals surface area contributed by atoms with Gasteiger partial charge in [0, 0.05) is 12.1 Å². The molecule has 1 aromatic carbocycles. The number of rotatable bonds is 7. The summed E-state index contributed by atoms with van der Waals surface area (Å²) in [6.07, 6.45) is 1.90. The Kier molecular flexibility index (Phi) is 5.78. The van der Waals surface area contributed by atoms with Crippen LogP contribution in [0, 0.1) is 10.1 Å². The van der Waals surface area contributed by atoms with Gasteiger partial charge in [0.05, 0.1) is 11.0 Å². The van der Waals surface area contributed by atoms with Crippen LogP contribution in [0.4, 0.5) is 5.69 Å². The highest BCUT2D eigenvalue weighted by molar-refractivity contribution is 5.77. The normalized spacial score (nSPS) is 11.7. The molecule has 0 aliphatic heterocycles. The lowest BCUT2D eigenvalue weighted by atomic mass is 10.2. The Balaban J connectivity index is 2.46. The summed E-state index contributed by atoms with van der Waals surface area (Å²) in [6, 6.07) is 5.87. The highest BCUT2D eigenvalue weighted by atomic mass is 16.6. The number of nitro benzene ring substituents is 1. The Morgan fingerprint density at radius 3 is 2.89 bits per heavy atom. The Morgan fingerprint density at radius 1 is 1.53 bits per heavy atom. The predicted octanol–water partition coefficient (Wildman–Crippen LogP) is 2.28. The van der Waals surface area contributed by atoms with E-state index in [0.717, 1.165) is 12.8 Å². The number of hydrogen-bond donors (Lipinski definition) is 1. The molecule has 104 valence electrons. The summed E-state index contributed by atoms with van der Waals surface area (Å²) in [5, 5.41) is 13.4. The van der Waals surface area contributed by atoms with E-state index in [1.54, 1.807) is 6.07 Å². The Morgan fingerprint density at radius 2 is 2.26 bits per heavy atom. The maximum Gasteiger partial charge on any atom is 0.273 e. The summed E-state index contributed by atoms with van der Waals surface area (Å²) in [6.45, 7) is 3.83. The second-order valence-electron chi connectivity index (χ2n) is 4.30. The minimum absolute atomic E-state index is 0.0581. The molecule has 1 aromatic rings. The molecule has 6 heteroatoms. The van der Waals surface area contributed by atoms with E-state index in [-0.39, 0.29) is 24.2 Å². The lowest BCUT2D eigenvalue weighted by Crippen LogP contribution is -2.35. The van der Waals surface area contributed by atoms with E-state index in [1.165, 1.54) is 18.2 Å². The van der Waals surface area contributed by atoms with Crippen molar-refractivity contribution in [2.45, 2.75) is 32.7 Å². The second-order valence-corrected chi connectivity index (χ2v) is 4.30. The number of ether oxygens (including phenoxy) is 1. The molecule has 0 heterocycles. The van der Waals surface area contributed by atoms with Gasteiger partial charge in [0.1, 0.15) is 5.75 Å². The Hall–Kier alpha value is -2.11. The van der Waals surface area contributed by atoms with Crippen LogP contribution in [0.25, 0.3) is 0 Å². The van der Waals surface area contributed by atoms with E-state index in [0.29, 0.717) is 5.75 Å². The minimum atomic E-state index is -0.504. The molecular weight excluding hydrogens is 248 g/mol. The van der Waals surface area contributed by atoms with Gasteiger partial charge in [-0.2, -0.15) is 0 Å². The van der Waals surface area contributed by atoms with E-state index in [4.69, 9.17) is 4.74 Å². The maximum absolute atomic E-state index is 11.6. The molecule has 0 aromatic heterocycles. The van der Waals surface area contributed by atoms with E-state index in [9.17, 15) is 14.9 Å². The number of hydrogen-bond acceptors (Lipinski definition) is 4. The second kappa shape index (κ2) is 7.35. The first-order valence-corrected chi connectivity index (χ1v) is 6.19. The van der Waals surface area contributed by atoms with Crippen LogP contribution in [-0.2, 0) is 4.79 Å². The fourth-order valence-corrected chi connectivity index (χ4v) is 1.66. The van der Waals surface area contributed by atoms with Crippen molar-refractivity contribution in [3.05, 3.63) is 34.4 Å². The van der Waals surface area contributed by atoms with Gasteiger partial charge in [-0.25, -0.2) is 0 Å². The maximum atomic E-state index is 11.6. The molecular formula is C13H18N2O4. The number of carbonyl (C=O) groups excluding carboxylic acids is 1. The highest BCUT2D eigenvalue weighted by Gasteiger charge is 2.09. The molecule has 1 rings (SSSR count). The van der Waals surface area contributed by atoms with E-state index in [1.807, 2.05) is 13.8 Å². The topological polar surface area (TPSA) is 81.5 Å². The van der Waals surface area contributed by atoms with Crippen molar-refractivity contribution in [3.8, 4) is 5.75 Å². The first-order chi connectivity index (χ1) is 9.02. The third-order valence-corrected chi connectivity index (χ3v) is 2.53. The van der Waals surface area contributed by atoms with Gasteiger partial charge < -0.3 is 10.1 Å². The van der Waals surface area contributed by atoms with Crippen molar-refractivity contribution >= 4 is 11.6 Å². The van der Waals surface area contributed by atoms with E-state index < -0.39 is 4.92 Å². The predicted molar refractivity (Wildman–Crippen MR) is 71.1 cm³/mol. The van der Waals surface area contributed by atoms with Gasteiger partial charge in [0.25, 0.3) is 11.6 Å². The molecule has 1 amide bonds. The molecule has 0 unspecified atom stereocenters. The minimum Gasteiger partial charge on any atom is -0.484 e. The monoisotopic (exact) mass is 266 g/mol. The van der Waals surface area contributed by atoms with Crippen LogP contribution in [0.1, 0.15) is 26.7 Å². The molecule has 6 nitrogen and oxygen atoms in total. The molecule has 0 radical (unpaired) electrons. The van der Waals surface area contributed by atoms with Crippen molar-refractivity contribution < 1.29 is 14.5 Å². The SMILES string of the molecule is CCC[C@H](C)NC(=O)COc1cccc([N+](=O)[O-])c1. The van der Waals surface area contributed by atoms with Crippen LogP contribution < -0.4 is 10.1 Å². The van der Waals surface area contributed by atoms with Crippen molar-refractivity contribution in [1.82, 2.24) is 5.32 Å². The number of carbonyl (C=O) groups is 1. The van der Waals surface area contributed by atoms with Crippen LogP contribution >= 0.6 is 0 Å². The first kappa shape index (κ1) is 14.9. The van der Waals surface area contributed by atoms with Crippen LogP contribution in [0.15, 0.2) is 24.3 Å². The van der Waals surface area contributed by atoms with Gasteiger partial charge in [-0.15, -0.1) is 0 Å². The van der Waals surface area contributed by atoms with Crippen molar-refractivity contribution in [3.63, 3.8) is 0 Å². The van der Waals surface area contributed by atoms with E-state index in [2.05, 4.69) is 5.32 Å². The summed E-state index contributed by atoms with van der Waals surface area (Å²) in [5.41, 5.74) is -0.0581. The number of non-ortho nitro benzene ring substituents is 1. The number of nitrogens with zero attached hydrogens (tertiary/aromatic N) is 1. The molecule has 1 N–H and O–H groups in total. The Bertz CT molecular complexity index is 448. The van der Waals surface area contributed by atoms with Gasteiger partial charge in [-0.05, 0) is 19.4 Å². The largest absolute Gasteiger partial charge is 0.484 e. The molecule has 0 saturated heterocycles. The molecule has 0 spiro atoms. The van der Waals surface area contributed by atoms with Crippen LogP contribution in [0.2, 0.25) is 0 Å². The Labute approximate surface area is 111 Å². The molecule has 1 atom stereocenters. The quantitative estimate of drug-likeness (QED) is 0.606. The zero-order chi connectivity index (χ0) is 14.3. The summed E-state index contributed by atoms with van der Waals surface area (Å²) in [4.78, 5) is 21.6. The summed E-state index contributed by atoms with van der Waals surface area (Å²) >= 11 is 0. The van der Waals surface area contributed by atoms with Gasteiger partial charge in [-0.3, -0.25) is 14.9 Å². The van der Waals surface area contributed by atoms with Crippen molar-refractivity contribution in [2.24, 2.45) is 0 Å². The fraction of sp³-hybridized carbons (Fsp3) is 0.462. The lowest BCUT2D eigenvalue weighted by Gasteiger charge is -2.13. The first-order valence-electron chi connectivity index (χ1n) is 6.19. The standard InChI is InChI=1S/C13H18N2O4/c1-3-5-10(2)14-13(16)9-19-12-7-4-6-11(8-12)15(17)18/h4,6-8,10H,3,5,9H2,1-2H3,(H,14,16)/t10-/m0/s1. The summed E-state index contributed by atoms with van der Waals surface area (Å²) < 4.78 is 5.22. The number of benzene rings is 1. The molecule has 0 saturated carbocycles. The highest BCUT2D eigenvalue weighted by Crippen LogP contribution is 2.18. The van der Waals surface area contributed by atoms with Gasteiger partial charge in [-0.1, -0.05) is 19.4 Å². The molecule has 0 fully saturated rings. The lowest BCUT2D eigenvalue weighted by molar-refractivity contribution is -0.384. The summed E-state index contributed by atoms with van der Waals surface area (Å²) in [5.74, 6) is 0.0833. The third-order valence-electron chi connectivity index (χ3n) is 2.53. The fourth-order valence-electron chi connectivity index (χ4n) is 1.66. The van der Waals surface area contributed by atoms with Crippen molar-refractivity contribution in [2.75, 3.05) is 6.61 Å². The number of amides is 1. The molecule has 0 bridgehead atoms. The molecule has 0 aliphatic rings. The van der Waals surface area contributed by atoms with Crippen LogP contribution in [0.5, 0.6) is 5.75 Å². The zero-order valence-corrected chi connectivity index (χ0v) is 11.1. The number of nitrogens with one attached hydrogen (secondary N) is 1. The van der Waals surface area contributed by atoms with Crippen LogP contribution in [0.3, 0.4) is 0 Å². The van der Waals surface area contributed by atoms with Crippen LogP contribution in [-0.4, -0.2) is 23.5 Å².